The van der Waals surface area contributed by atoms with E-state index in [0.29, 0.717) is 6.04 Å². The third-order valence-electron chi connectivity index (χ3n) is 3.78. The molecule has 1 aliphatic rings. The van der Waals surface area contributed by atoms with Crippen LogP contribution in [0.1, 0.15) is 46.5 Å². The van der Waals surface area contributed by atoms with E-state index >= 15 is 0 Å². The lowest BCUT2D eigenvalue weighted by Gasteiger charge is -2.38. The fourth-order valence-electron chi connectivity index (χ4n) is 2.62. The zero-order valence-corrected chi connectivity index (χ0v) is 10.00. The molecule has 0 aliphatic carbocycles. The summed E-state index contributed by atoms with van der Waals surface area (Å²) in [5, 5.41) is 0. The van der Waals surface area contributed by atoms with Crippen molar-refractivity contribution in [1.82, 2.24) is 4.90 Å². The maximum Gasteiger partial charge on any atom is 0.00900 e. The van der Waals surface area contributed by atoms with Gasteiger partial charge in [-0.25, -0.2) is 0 Å². The summed E-state index contributed by atoms with van der Waals surface area (Å²) in [5.41, 5.74) is 5.94. The molecule has 1 rings (SSSR count). The summed E-state index contributed by atoms with van der Waals surface area (Å²) in [6, 6.07) is 1.20. The average molecular weight is 198 g/mol. The van der Waals surface area contributed by atoms with Crippen LogP contribution in [0, 0.1) is 5.92 Å². The topological polar surface area (TPSA) is 29.3 Å². The van der Waals surface area contributed by atoms with Crippen molar-refractivity contribution < 1.29 is 0 Å². The van der Waals surface area contributed by atoms with E-state index in [1.54, 1.807) is 0 Å². The Kier molecular flexibility index (Phi) is 4.90. The molecule has 14 heavy (non-hydrogen) atoms. The van der Waals surface area contributed by atoms with Crippen LogP contribution in [-0.4, -0.2) is 30.1 Å². The summed E-state index contributed by atoms with van der Waals surface area (Å²) in [6.07, 6.45) is 5.18. The molecular weight excluding hydrogens is 172 g/mol. The summed E-state index contributed by atoms with van der Waals surface area (Å²) in [4.78, 5) is 2.65. The predicted molar refractivity (Wildman–Crippen MR) is 62.3 cm³/mol. The third kappa shape index (κ3) is 2.96. The van der Waals surface area contributed by atoms with E-state index in [9.17, 15) is 0 Å². The van der Waals surface area contributed by atoms with E-state index in [1.165, 1.54) is 38.8 Å². The molecule has 2 N–H and O–H groups in total. The number of hydrogen-bond donors (Lipinski definition) is 1. The Bertz CT molecular complexity index is 144. The van der Waals surface area contributed by atoms with Crippen LogP contribution in [0.4, 0.5) is 0 Å². The summed E-state index contributed by atoms with van der Waals surface area (Å²) in [6.45, 7) is 9.27. The van der Waals surface area contributed by atoms with E-state index in [0.717, 1.165) is 12.0 Å². The van der Waals surface area contributed by atoms with Crippen molar-refractivity contribution in [1.29, 1.82) is 0 Å². The first-order valence-electron chi connectivity index (χ1n) is 6.18. The maximum atomic E-state index is 5.94. The highest BCUT2D eigenvalue weighted by molar-refractivity contribution is 4.80. The Hall–Kier alpha value is -0.0800. The van der Waals surface area contributed by atoms with Gasteiger partial charge in [0.05, 0.1) is 0 Å². The second-order valence-electron chi connectivity index (χ2n) is 4.70. The largest absolute Gasteiger partial charge is 0.328 e. The Morgan fingerprint density at radius 3 is 2.07 bits per heavy atom. The fourth-order valence-corrected chi connectivity index (χ4v) is 2.62. The highest BCUT2D eigenvalue weighted by Crippen LogP contribution is 2.22. The Morgan fingerprint density at radius 2 is 1.71 bits per heavy atom. The van der Waals surface area contributed by atoms with Gasteiger partial charge in [0.1, 0.15) is 0 Å². The van der Waals surface area contributed by atoms with Gasteiger partial charge in [-0.2, -0.15) is 0 Å². The second-order valence-corrected chi connectivity index (χ2v) is 4.70. The lowest BCUT2D eigenvalue weighted by molar-refractivity contribution is 0.118. The monoisotopic (exact) mass is 198 g/mol. The molecule has 1 fully saturated rings. The van der Waals surface area contributed by atoms with Gasteiger partial charge in [0.15, 0.2) is 0 Å². The van der Waals surface area contributed by atoms with Crippen molar-refractivity contribution in [3.05, 3.63) is 0 Å². The van der Waals surface area contributed by atoms with Gasteiger partial charge in [-0.3, -0.25) is 0 Å². The van der Waals surface area contributed by atoms with Crippen LogP contribution in [0.5, 0.6) is 0 Å². The lowest BCUT2D eigenvalue weighted by Crippen LogP contribution is -2.44. The van der Waals surface area contributed by atoms with Crippen molar-refractivity contribution >= 4 is 0 Å². The maximum absolute atomic E-state index is 5.94. The van der Waals surface area contributed by atoms with E-state index in [4.69, 9.17) is 5.73 Å². The van der Waals surface area contributed by atoms with Crippen molar-refractivity contribution in [2.75, 3.05) is 13.1 Å². The Balaban J connectivity index is 2.34. The molecule has 0 bridgehead atoms. The quantitative estimate of drug-likeness (QED) is 0.750. The molecule has 0 aromatic rings. The standard InChI is InChI=1S/C12H26N2/c1-4-12(5-2)14-8-6-11(7-9-14)10(3)13/h10-12H,4-9,13H2,1-3H3. The number of likely N-dealkylation sites (tertiary alicyclic amines) is 1. The van der Waals surface area contributed by atoms with Crippen LogP contribution in [0.15, 0.2) is 0 Å². The molecule has 0 amide bonds. The number of hydrogen-bond acceptors (Lipinski definition) is 2. The molecule has 0 aromatic carbocycles. The summed E-state index contributed by atoms with van der Waals surface area (Å²) in [7, 11) is 0. The predicted octanol–water partition coefficient (Wildman–Crippen LogP) is 2.23. The molecule has 2 heteroatoms. The smallest absolute Gasteiger partial charge is 0.00900 e. The van der Waals surface area contributed by atoms with E-state index < -0.39 is 0 Å². The lowest BCUT2D eigenvalue weighted by atomic mass is 9.90. The van der Waals surface area contributed by atoms with Crippen LogP contribution in [0.3, 0.4) is 0 Å². The zero-order valence-electron chi connectivity index (χ0n) is 10.00. The van der Waals surface area contributed by atoms with Crippen molar-refractivity contribution in [3.63, 3.8) is 0 Å². The molecule has 1 unspecified atom stereocenters. The van der Waals surface area contributed by atoms with Crippen molar-refractivity contribution in [2.45, 2.75) is 58.5 Å². The highest BCUT2D eigenvalue weighted by Gasteiger charge is 2.24. The minimum absolute atomic E-state index is 0.388. The van der Waals surface area contributed by atoms with Crippen LogP contribution in [-0.2, 0) is 0 Å². The van der Waals surface area contributed by atoms with Crippen LogP contribution < -0.4 is 5.73 Å². The van der Waals surface area contributed by atoms with E-state index in [1.807, 2.05) is 0 Å². The Labute approximate surface area is 88.8 Å². The number of rotatable bonds is 4. The molecular formula is C12H26N2. The fraction of sp³-hybridized carbons (Fsp3) is 1.00. The third-order valence-corrected chi connectivity index (χ3v) is 3.78. The Morgan fingerprint density at radius 1 is 1.21 bits per heavy atom. The first-order chi connectivity index (χ1) is 6.69. The molecule has 0 saturated carbocycles. The second kappa shape index (κ2) is 5.72. The van der Waals surface area contributed by atoms with Gasteiger partial charge in [0, 0.05) is 12.1 Å². The van der Waals surface area contributed by atoms with Gasteiger partial charge in [-0.15, -0.1) is 0 Å². The van der Waals surface area contributed by atoms with Gasteiger partial charge in [0.2, 0.25) is 0 Å². The van der Waals surface area contributed by atoms with E-state index in [-0.39, 0.29) is 0 Å². The molecule has 1 saturated heterocycles. The van der Waals surface area contributed by atoms with Gasteiger partial charge in [-0.1, -0.05) is 13.8 Å². The molecule has 0 spiro atoms. The summed E-state index contributed by atoms with van der Waals surface area (Å²) < 4.78 is 0. The van der Waals surface area contributed by atoms with Crippen LogP contribution >= 0.6 is 0 Å². The first kappa shape index (κ1) is 12.0. The SMILES string of the molecule is CCC(CC)N1CCC(C(C)N)CC1. The van der Waals surface area contributed by atoms with E-state index in [2.05, 4.69) is 25.7 Å². The normalized spacial score (nSPS) is 22.9. The van der Waals surface area contributed by atoms with Gasteiger partial charge >= 0.3 is 0 Å². The molecule has 1 atom stereocenters. The summed E-state index contributed by atoms with van der Waals surface area (Å²) >= 11 is 0. The van der Waals surface area contributed by atoms with Gasteiger partial charge in [0.25, 0.3) is 0 Å². The van der Waals surface area contributed by atoms with Crippen molar-refractivity contribution in [3.8, 4) is 0 Å². The number of nitrogens with two attached hydrogens (primary N) is 1. The molecule has 0 aromatic heterocycles. The molecule has 1 heterocycles. The molecule has 0 radical (unpaired) electrons. The van der Waals surface area contributed by atoms with Gasteiger partial charge in [-0.05, 0) is 51.6 Å². The molecule has 84 valence electrons. The highest BCUT2D eigenvalue weighted by atomic mass is 15.2. The minimum Gasteiger partial charge on any atom is -0.328 e. The van der Waals surface area contributed by atoms with Crippen LogP contribution in [0.25, 0.3) is 0 Å². The average Bonchev–Trinajstić information content (AvgIpc) is 2.20. The minimum atomic E-state index is 0.388. The molecule has 2 nitrogen and oxygen atoms in total. The zero-order chi connectivity index (χ0) is 10.6. The molecule has 1 aliphatic heterocycles. The number of nitrogens with zero attached hydrogens (tertiary/aromatic N) is 1. The summed E-state index contributed by atoms with van der Waals surface area (Å²) in [5.74, 6) is 0.764. The van der Waals surface area contributed by atoms with Crippen molar-refractivity contribution in [2.24, 2.45) is 11.7 Å². The number of piperidine rings is 1. The van der Waals surface area contributed by atoms with Gasteiger partial charge < -0.3 is 10.6 Å². The van der Waals surface area contributed by atoms with Crippen LogP contribution in [0.2, 0.25) is 0 Å². The first-order valence-corrected chi connectivity index (χ1v) is 6.18.